The van der Waals surface area contributed by atoms with Crippen LogP contribution >= 0.6 is 0 Å². The molecular formula is C18H17NO2. The van der Waals surface area contributed by atoms with Gasteiger partial charge in [0.05, 0.1) is 12.6 Å². The number of fused-ring (bicyclic) bond motifs is 1. The Balaban J connectivity index is 2.28. The van der Waals surface area contributed by atoms with E-state index >= 15 is 0 Å². The van der Waals surface area contributed by atoms with E-state index in [-0.39, 0.29) is 5.43 Å². The van der Waals surface area contributed by atoms with Gasteiger partial charge in [-0.05, 0) is 24.6 Å². The molecule has 0 saturated heterocycles. The quantitative estimate of drug-likeness (QED) is 0.736. The van der Waals surface area contributed by atoms with Crippen LogP contribution in [0.3, 0.4) is 0 Å². The minimum absolute atomic E-state index is 0.0331. The van der Waals surface area contributed by atoms with Crippen LogP contribution in [0.1, 0.15) is 11.3 Å². The maximum absolute atomic E-state index is 12.2. The molecule has 3 heteroatoms. The highest BCUT2D eigenvalue weighted by molar-refractivity contribution is 5.85. The van der Waals surface area contributed by atoms with E-state index in [1.807, 2.05) is 43.3 Å². The third kappa shape index (κ3) is 2.42. The molecule has 0 aliphatic rings. The predicted octanol–water partition coefficient (Wildman–Crippen LogP) is 3.37. The Kier molecular flexibility index (Phi) is 3.48. The summed E-state index contributed by atoms with van der Waals surface area (Å²) in [4.78, 5) is 12.2. The molecule has 2 aromatic carbocycles. The van der Waals surface area contributed by atoms with Crippen LogP contribution in [-0.4, -0.2) is 11.7 Å². The van der Waals surface area contributed by atoms with Gasteiger partial charge in [-0.2, -0.15) is 0 Å². The van der Waals surface area contributed by atoms with Crippen molar-refractivity contribution in [1.29, 1.82) is 0 Å². The van der Waals surface area contributed by atoms with Crippen molar-refractivity contribution in [3.63, 3.8) is 0 Å². The Bertz CT molecular complexity index is 835. The van der Waals surface area contributed by atoms with Crippen molar-refractivity contribution in [2.75, 3.05) is 7.11 Å². The lowest BCUT2D eigenvalue weighted by Gasteiger charge is -2.17. The zero-order chi connectivity index (χ0) is 14.8. The first kappa shape index (κ1) is 13.4. The average Bonchev–Trinajstić information content (AvgIpc) is 2.51. The van der Waals surface area contributed by atoms with E-state index in [0.29, 0.717) is 11.9 Å². The Morgan fingerprint density at radius 3 is 2.52 bits per heavy atom. The Morgan fingerprint density at radius 2 is 1.81 bits per heavy atom. The summed E-state index contributed by atoms with van der Waals surface area (Å²) in [6, 6.07) is 17.5. The van der Waals surface area contributed by atoms with Crippen molar-refractivity contribution >= 4 is 10.9 Å². The zero-order valence-electron chi connectivity index (χ0n) is 12.2. The predicted molar refractivity (Wildman–Crippen MR) is 85.0 cm³/mol. The van der Waals surface area contributed by atoms with E-state index < -0.39 is 0 Å². The largest absolute Gasteiger partial charge is 0.495 e. The first-order valence-electron chi connectivity index (χ1n) is 6.92. The molecular weight excluding hydrogens is 262 g/mol. The number of ether oxygens (including phenoxy) is 1. The van der Waals surface area contributed by atoms with E-state index in [0.717, 1.165) is 17.0 Å². The standard InChI is InChI=1S/C18H17NO2/c1-13-11-16(20)15-9-6-10-17(21-2)18(15)19(13)12-14-7-4-3-5-8-14/h3-11H,12H2,1-2H3. The van der Waals surface area contributed by atoms with Gasteiger partial charge in [-0.1, -0.05) is 36.4 Å². The van der Waals surface area contributed by atoms with Gasteiger partial charge in [0.25, 0.3) is 0 Å². The summed E-state index contributed by atoms with van der Waals surface area (Å²) in [5.41, 5.74) is 3.01. The molecule has 0 atom stereocenters. The van der Waals surface area contributed by atoms with Crippen molar-refractivity contribution < 1.29 is 4.74 Å². The molecule has 106 valence electrons. The van der Waals surface area contributed by atoms with Crippen LogP contribution in [0.25, 0.3) is 10.9 Å². The van der Waals surface area contributed by atoms with Crippen LogP contribution in [-0.2, 0) is 6.54 Å². The number of hydrogen-bond acceptors (Lipinski definition) is 2. The summed E-state index contributed by atoms with van der Waals surface area (Å²) in [7, 11) is 1.63. The molecule has 0 aliphatic heterocycles. The fourth-order valence-corrected chi connectivity index (χ4v) is 2.66. The fraction of sp³-hybridized carbons (Fsp3) is 0.167. The first-order valence-corrected chi connectivity index (χ1v) is 6.92. The van der Waals surface area contributed by atoms with Gasteiger partial charge in [0.2, 0.25) is 0 Å². The van der Waals surface area contributed by atoms with Gasteiger partial charge in [-0.15, -0.1) is 0 Å². The summed E-state index contributed by atoms with van der Waals surface area (Å²) < 4.78 is 7.59. The highest BCUT2D eigenvalue weighted by Gasteiger charge is 2.11. The summed E-state index contributed by atoms with van der Waals surface area (Å²) in [5.74, 6) is 0.726. The molecule has 21 heavy (non-hydrogen) atoms. The summed E-state index contributed by atoms with van der Waals surface area (Å²) in [6.45, 7) is 2.67. The molecule has 1 aromatic heterocycles. The van der Waals surface area contributed by atoms with Crippen molar-refractivity contribution in [1.82, 2.24) is 4.57 Å². The normalized spacial score (nSPS) is 10.8. The van der Waals surface area contributed by atoms with Crippen molar-refractivity contribution in [3.8, 4) is 5.75 Å². The number of methoxy groups -OCH3 is 1. The summed E-state index contributed by atoms with van der Waals surface area (Å²) >= 11 is 0. The zero-order valence-corrected chi connectivity index (χ0v) is 12.2. The van der Waals surface area contributed by atoms with Crippen LogP contribution < -0.4 is 10.2 Å². The average molecular weight is 279 g/mol. The maximum atomic E-state index is 12.2. The first-order chi connectivity index (χ1) is 10.2. The van der Waals surface area contributed by atoms with Crippen LogP contribution in [0.5, 0.6) is 5.75 Å². The second kappa shape index (κ2) is 5.44. The number of para-hydroxylation sites is 1. The minimum Gasteiger partial charge on any atom is -0.495 e. The second-order valence-electron chi connectivity index (χ2n) is 5.08. The third-order valence-electron chi connectivity index (χ3n) is 3.70. The van der Waals surface area contributed by atoms with Crippen molar-refractivity contribution in [2.45, 2.75) is 13.5 Å². The number of aromatic nitrogens is 1. The SMILES string of the molecule is COc1cccc2c(=O)cc(C)n(Cc3ccccc3)c12. The summed E-state index contributed by atoms with van der Waals surface area (Å²) in [6.07, 6.45) is 0. The van der Waals surface area contributed by atoms with Gasteiger partial charge in [0.15, 0.2) is 5.43 Å². The molecule has 0 saturated carbocycles. The number of nitrogens with zero attached hydrogens (tertiary/aromatic N) is 1. The highest BCUT2D eigenvalue weighted by Crippen LogP contribution is 2.25. The van der Waals surface area contributed by atoms with Crippen molar-refractivity contribution in [2.24, 2.45) is 0 Å². The van der Waals surface area contributed by atoms with Crippen LogP contribution in [0.15, 0.2) is 59.4 Å². The minimum atomic E-state index is 0.0331. The number of rotatable bonds is 3. The Labute approximate surface area is 123 Å². The second-order valence-corrected chi connectivity index (χ2v) is 5.08. The monoisotopic (exact) mass is 279 g/mol. The van der Waals surface area contributed by atoms with E-state index in [4.69, 9.17) is 4.74 Å². The van der Waals surface area contributed by atoms with E-state index in [9.17, 15) is 4.79 Å². The molecule has 0 aliphatic carbocycles. The third-order valence-corrected chi connectivity index (χ3v) is 3.70. The molecule has 0 radical (unpaired) electrons. The number of pyridine rings is 1. The number of benzene rings is 2. The van der Waals surface area contributed by atoms with Gasteiger partial charge < -0.3 is 9.30 Å². The molecule has 0 unspecified atom stereocenters. The maximum Gasteiger partial charge on any atom is 0.189 e. The molecule has 0 spiro atoms. The van der Waals surface area contributed by atoms with Gasteiger partial charge in [0.1, 0.15) is 5.75 Å². The lowest BCUT2D eigenvalue weighted by molar-refractivity contribution is 0.417. The fourth-order valence-electron chi connectivity index (χ4n) is 2.66. The van der Waals surface area contributed by atoms with E-state index in [1.54, 1.807) is 13.2 Å². The molecule has 0 N–H and O–H groups in total. The molecule has 3 rings (SSSR count). The highest BCUT2D eigenvalue weighted by atomic mass is 16.5. The van der Waals surface area contributed by atoms with E-state index in [2.05, 4.69) is 16.7 Å². The van der Waals surface area contributed by atoms with Crippen LogP contribution in [0.2, 0.25) is 0 Å². The lowest BCUT2D eigenvalue weighted by atomic mass is 10.1. The van der Waals surface area contributed by atoms with Crippen LogP contribution in [0, 0.1) is 6.92 Å². The summed E-state index contributed by atoms with van der Waals surface area (Å²) in [5, 5.41) is 0.691. The van der Waals surface area contributed by atoms with Gasteiger partial charge >= 0.3 is 0 Å². The van der Waals surface area contributed by atoms with Crippen molar-refractivity contribution in [3.05, 3.63) is 76.1 Å². The topological polar surface area (TPSA) is 31.2 Å². The molecule has 0 amide bonds. The molecule has 0 bridgehead atoms. The number of aryl methyl sites for hydroxylation is 1. The molecule has 3 aromatic rings. The Hall–Kier alpha value is -2.55. The Morgan fingerprint density at radius 1 is 1.05 bits per heavy atom. The molecule has 0 fully saturated rings. The van der Waals surface area contributed by atoms with Gasteiger partial charge in [0, 0.05) is 23.7 Å². The molecule has 3 nitrogen and oxygen atoms in total. The smallest absolute Gasteiger partial charge is 0.189 e. The van der Waals surface area contributed by atoms with Gasteiger partial charge in [-0.25, -0.2) is 0 Å². The van der Waals surface area contributed by atoms with Gasteiger partial charge in [-0.3, -0.25) is 4.79 Å². The van der Waals surface area contributed by atoms with Crippen LogP contribution in [0.4, 0.5) is 0 Å². The number of hydrogen-bond donors (Lipinski definition) is 0. The van der Waals surface area contributed by atoms with E-state index in [1.165, 1.54) is 5.56 Å². The lowest BCUT2D eigenvalue weighted by Crippen LogP contribution is -2.13. The molecule has 1 heterocycles.